The first-order valence-electron chi connectivity index (χ1n) is 11.1. The predicted molar refractivity (Wildman–Crippen MR) is 124 cm³/mol. The fraction of sp³-hybridized carbons (Fsp3) is 0.435. The summed E-state index contributed by atoms with van der Waals surface area (Å²) in [6.07, 6.45) is -2.06. The maximum absolute atomic E-state index is 13.8. The van der Waals surface area contributed by atoms with E-state index in [9.17, 15) is 13.2 Å². The second kappa shape index (κ2) is 8.74. The highest BCUT2D eigenvalue weighted by Gasteiger charge is 2.38. The number of alkyl halides is 3. The number of morpholine rings is 1. The summed E-state index contributed by atoms with van der Waals surface area (Å²) in [6.45, 7) is 6.03. The van der Waals surface area contributed by atoms with Crippen molar-refractivity contribution >= 4 is 34.4 Å². The molecule has 2 aromatic heterocycles. The van der Waals surface area contributed by atoms with Crippen LogP contribution < -0.4 is 9.80 Å². The van der Waals surface area contributed by atoms with E-state index in [1.807, 2.05) is 43.0 Å². The highest BCUT2D eigenvalue weighted by Crippen LogP contribution is 2.39. The van der Waals surface area contributed by atoms with E-state index < -0.39 is 12.0 Å². The van der Waals surface area contributed by atoms with Gasteiger partial charge >= 0.3 is 6.18 Å². The van der Waals surface area contributed by atoms with Crippen LogP contribution in [0.15, 0.2) is 29.8 Å². The standard InChI is InChI=1S/C23H24ClF3N6O/c1-13(2)11-18-19-15(16-12-14(24)3-4-17(16)28-19)5-6-33(18)22-30-20(23(25,26)27)29-21(31-22)32-7-9-34-10-8-32/h3-4,11-12,18,28H,5-10H2,1-2H3/t18-/m0/s1. The van der Waals surface area contributed by atoms with Gasteiger partial charge in [0.15, 0.2) is 0 Å². The normalized spacial score (nSPS) is 18.8. The number of ether oxygens (including phenoxy) is 1. The molecule has 2 aliphatic heterocycles. The van der Waals surface area contributed by atoms with Gasteiger partial charge in [0.2, 0.25) is 17.7 Å². The van der Waals surface area contributed by atoms with E-state index in [0.717, 1.165) is 27.7 Å². The molecule has 0 radical (unpaired) electrons. The van der Waals surface area contributed by atoms with Crippen molar-refractivity contribution in [3.05, 3.63) is 52.0 Å². The highest BCUT2D eigenvalue weighted by molar-refractivity contribution is 6.31. The lowest BCUT2D eigenvalue weighted by atomic mass is 9.96. The van der Waals surface area contributed by atoms with Gasteiger partial charge in [-0.2, -0.15) is 28.1 Å². The van der Waals surface area contributed by atoms with Crippen LogP contribution in [-0.4, -0.2) is 52.8 Å². The average Bonchev–Trinajstić information content (AvgIpc) is 3.17. The van der Waals surface area contributed by atoms with E-state index in [4.69, 9.17) is 16.3 Å². The zero-order valence-electron chi connectivity index (χ0n) is 18.8. The lowest BCUT2D eigenvalue weighted by molar-refractivity contribution is -0.145. The quantitative estimate of drug-likeness (QED) is 0.523. The van der Waals surface area contributed by atoms with Crippen molar-refractivity contribution < 1.29 is 17.9 Å². The second-order valence-electron chi connectivity index (χ2n) is 8.70. The number of fused-ring (bicyclic) bond motifs is 3. The Bertz CT molecular complexity index is 1250. The van der Waals surface area contributed by atoms with Crippen LogP contribution in [0.3, 0.4) is 0 Å². The Labute approximate surface area is 199 Å². The van der Waals surface area contributed by atoms with Crippen LogP contribution >= 0.6 is 11.6 Å². The number of benzene rings is 1. The van der Waals surface area contributed by atoms with Crippen LogP contribution in [0.5, 0.6) is 0 Å². The minimum absolute atomic E-state index is 0.00801. The molecule has 1 N–H and O–H groups in total. The SMILES string of the molecule is CC(C)=C[C@H]1c2[nH]c3ccc(Cl)cc3c2CCN1c1nc(N2CCOCC2)nc(C(F)(F)F)n1. The van der Waals surface area contributed by atoms with Crippen LogP contribution in [0.2, 0.25) is 5.02 Å². The van der Waals surface area contributed by atoms with Gasteiger partial charge in [-0.25, -0.2) is 0 Å². The molecule has 0 saturated carbocycles. The van der Waals surface area contributed by atoms with E-state index in [0.29, 0.717) is 44.3 Å². The Hall–Kier alpha value is -2.85. The number of rotatable bonds is 3. The molecular weight excluding hydrogens is 469 g/mol. The lowest BCUT2D eigenvalue weighted by Crippen LogP contribution is -2.40. The van der Waals surface area contributed by atoms with E-state index in [1.54, 1.807) is 4.90 Å². The number of allylic oxidation sites excluding steroid dienone is 1. The Balaban J connectivity index is 1.63. The van der Waals surface area contributed by atoms with Crippen molar-refractivity contribution in [2.24, 2.45) is 0 Å². The van der Waals surface area contributed by atoms with Gasteiger partial charge < -0.3 is 19.5 Å². The third-order valence-electron chi connectivity index (χ3n) is 6.04. The van der Waals surface area contributed by atoms with E-state index in [2.05, 4.69) is 19.9 Å². The summed E-state index contributed by atoms with van der Waals surface area (Å²) in [7, 11) is 0. The topological polar surface area (TPSA) is 70.2 Å². The van der Waals surface area contributed by atoms with Gasteiger partial charge in [-0.05, 0) is 44.0 Å². The van der Waals surface area contributed by atoms with Crippen molar-refractivity contribution in [2.45, 2.75) is 32.5 Å². The molecule has 2 aliphatic rings. The summed E-state index contributed by atoms with van der Waals surface area (Å²) in [6, 6.07) is 5.29. The van der Waals surface area contributed by atoms with Crippen LogP contribution in [0.1, 0.15) is 37.0 Å². The third kappa shape index (κ3) is 4.32. The smallest absolute Gasteiger partial charge is 0.378 e. The Kier molecular flexibility index (Phi) is 5.89. The van der Waals surface area contributed by atoms with Crippen molar-refractivity contribution in [1.29, 1.82) is 0 Å². The molecule has 11 heteroatoms. The van der Waals surface area contributed by atoms with Crippen LogP contribution in [-0.2, 0) is 17.3 Å². The van der Waals surface area contributed by atoms with Gasteiger partial charge in [-0.1, -0.05) is 23.3 Å². The lowest BCUT2D eigenvalue weighted by Gasteiger charge is -2.35. The van der Waals surface area contributed by atoms with E-state index in [1.165, 1.54) is 0 Å². The average molecular weight is 493 g/mol. The van der Waals surface area contributed by atoms with Gasteiger partial charge in [0, 0.05) is 41.3 Å². The van der Waals surface area contributed by atoms with Gasteiger partial charge in [-0.3, -0.25) is 0 Å². The molecular formula is C23H24ClF3N6O. The molecule has 1 aromatic carbocycles. The van der Waals surface area contributed by atoms with E-state index in [-0.39, 0.29) is 17.9 Å². The molecule has 0 unspecified atom stereocenters. The maximum atomic E-state index is 13.8. The number of nitrogens with one attached hydrogen (secondary N) is 1. The number of H-pyrrole nitrogens is 1. The zero-order chi connectivity index (χ0) is 24.0. The number of hydrogen-bond donors (Lipinski definition) is 1. The molecule has 5 rings (SSSR count). The summed E-state index contributed by atoms with van der Waals surface area (Å²) in [5.41, 5.74) is 3.98. The van der Waals surface area contributed by atoms with Crippen LogP contribution in [0.4, 0.5) is 25.1 Å². The summed E-state index contributed by atoms with van der Waals surface area (Å²) < 4.78 is 46.6. The largest absolute Gasteiger partial charge is 0.451 e. The molecule has 0 spiro atoms. The van der Waals surface area contributed by atoms with E-state index >= 15 is 0 Å². The van der Waals surface area contributed by atoms with Gasteiger partial charge in [0.25, 0.3) is 0 Å². The zero-order valence-corrected chi connectivity index (χ0v) is 19.5. The van der Waals surface area contributed by atoms with Crippen LogP contribution in [0.25, 0.3) is 10.9 Å². The van der Waals surface area contributed by atoms with Crippen molar-refractivity contribution in [3.63, 3.8) is 0 Å². The molecule has 180 valence electrons. The van der Waals surface area contributed by atoms with Crippen molar-refractivity contribution in [1.82, 2.24) is 19.9 Å². The van der Waals surface area contributed by atoms with Crippen LogP contribution in [0, 0.1) is 0 Å². The number of aromatic nitrogens is 4. The van der Waals surface area contributed by atoms with Crippen molar-refractivity contribution in [3.8, 4) is 0 Å². The molecule has 1 atom stereocenters. The first-order chi connectivity index (χ1) is 16.2. The number of halogens is 4. The minimum atomic E-state index is -4.69. The number of anilines is 2. The Morgan fingerprint density at radius 1 is 1.12 bits per heavy atom. The Morgan fingerprint density at radius 2 is 1.85 bits per heavy atom. The molecule has 1 fully saturated rings. The molecule has 3 aromatic rings. The predicted octanol–water partition coefficient (Wildman–Crippen LogP) is 4.93. The first-order valence-corrected chi connectivity index (χ1v) is 11.5. The van der Waals surface area contributed by atoms with Gasteiger partial charge in [0.05, 0.1) is 19.3 Å². The number of hydrogen-bond acceptors (Lipinski definition) is 6. The summed E-state index contributed by atoms with van der Waals surface area (Å²) in [5.74, 6) is -1.16. The fourth-order valence-corrected chi connectivity index (χ4v) is 4.69. The number of aromatic amines is 1. The molecule has 1 saturated heterocycles. The molecule has 7 nitrogen and oxygen atoms in total. The fourth-order valence-electron chi connectivity index (χ4n) is 4.52. The molecule has 34 heavy (non-hydrogen) atoms. The highest BCUT2D eigenvalue weighted by atomic mass is 35.5. The first kappa shape index (κ1) is 22.9. The van der Waals surface area contributed by atoms with Gasteiger partial charge in [-0.15, -0.1) is 0 Å². The summed E-state index contributed by atoms with van der Waals surface area (Å²) >= 11 is 6.23. The monoisotopic (exact) mass is 492 g/mol. The molecule has 0 amide bonds. The van der Waals surface area contributed by atoms with Gasteiger partial charge in [0.1, 0.15) is 0 Å². The van der Waals surface area contributed by atoms with Crippen molar-refractivity contribution in [2.75, 3.05) is 42.6 Å². The molecule has 0 aliphatic carbocycles. The second-order valence-corrected chi connectivity index (χ2v) is 9.13. The summed E-state index contributed by atoms with van der Waals surface area (Å²) in [5, 5.41) is 1.66. The molecule has 4 heterocycles. The summed E-state index contributed by atoms with van der Waals surface area (Å²) in [4.78, 5) is 19.1. The molecule has 0 bridgehead atoms. The maximum Gasteiger partial charge on any atom is 0.451 e. The Morgan fingerprint density at radius 3 is 2.56 bits per heavy atom. The number of nitrogens with zero attached hydrogens (tertiary/aromatic N) is 5. The third-order valence-corrected chi connectivity index (χ3v) is 6.28. The minimum Gasteiger partial charge on any atom is -0.378 e.